The van der Waals surface area contributed by atoms with Crippen molar-refractivity contribution in [3.05, 3.63) is 11.6 Å². The normalized spacial score (nSPS) is 22.3. The first-order chi connectivity index (χ1) is 9.92. The lowest BCUT2D eigenvalue weighted by atomic mass is 10.1. The molecule has 0 bridgehead atoms. The van der Waals surface area contributed by atoms with Gasteiger partial charge in [-0.05, 0) is 12.8 Å². The van der Waals surface area contributed by atoms with Crippen LogP contribution in [0.15, 0.2) is 11.6 Å². The SMILES string of the molecule is c1csc(N2CCC(NCCN3CCOCC3)CC2)n1. The third kappa shape index (κ3) is 3.91. The molecule has 0 spiro atoms. The molecule has 2 aliphatic heterocycles. The quantitative estimate of drug-likeness (QED) is 0.879. The molecular formula is C14H24N4OS. The van der Waals surface area contributed by atoms with Crippen molar-refractivity contribution in [3.8, 4) is 0 Å². The predicted octanol–water partition coefficient (Wildman–Crippen LogP) is 1.03. The van der Waals surface area contributed by atoms with Crippen LogP contribution in [0.5, 0.6) is 0 Å². The zero-order chi connectivity index (χ0) is 13.6. The van der Waals surface area contributed by atoms with Crippen LogP contribution >= 0.6 is 11.3 Å². The number of nitrogens with zero attached hydrogens (tertiary/aromatic N) is 3. The average molecular weight is 296 g/mol. The molecule has 112 valence electrons. The Labute approximate surface area is 124 Å². The van der Waals surface area contributed by atoms with Gasteiger partial charge in [0.15, 0.2) is 5.13 Å². The highest BCUT2D eigenvalue weighted by molar-refractivity contribution is 7.13. The van der Waals surface area contributed by atoms with Crippen molar-refractivity contribution < 1.29 is 4.74 Å². The second-order valence-electron chi connectivity index (χ2n) is 5.48. The van der Waals surface area contributed by atoms with Crippen LogP contribution in [0.2, 0.25) is 0 Å². The first-order valence-corrected chi connectivity index (χ1v) is 8.48. The van der Waals surface area contributed by atoms with Gasteiger partial charge in [-0.2, -0.15) is 0 Å². The second-order valence-corrected chi connectivity index (χ2v) is 6.36. The topological polar surface area (TPSA) is 40.6 Å². The van der Waals surface area contributed by atoms with E-state index in [1.165, 1.54) is 18.0 Å². The minimum Gasteiger partial charge on any atom is -0.379 e. The summed E-state index contributed by atoms with van der Waals surface area (Å²) in [5.41, 5.74) is 0. The van der Waals surface area contributed by atoms with Crippen LogP contribution < -0.4 is 10.2 Å². The third-order valence-corrected chi connectivity index (χ3v) is 4.98. The molecule has 5 nitrogen and oxygen atoms in total. The van der Waals surface area contributed by atoms with E-state index in [0.717, 1.165) is 52.5 Å². The van der Waals surface area contributed by atoms with Gasteiger partial charge in [0.1, 0.15) is 0 Å². The molecule has 1 aromatic rings. The third-order valence-electron chi connectivity index (χ3n) is 4.15. The molecule has 1 aromatic heterocycles. The summed E-state index contributed by atoms with van der Waals surface area (Å²) in [4.78, 5) is 9.29. The number of morpholine rings is 1. The Kier molecular flexibility index (Phi) is 5.24. The van der Waals surface area contributed by atoms with Gasteiger partial charge in [0.05, 0.1) is 13.2 Å². The van der Waals surface area contributed by atoms with E-state index in [1.807, 2.05) is 6.20 Å². The molecule has 0 aliphatic carbocycles. The van der Waals surface area contributed by atoms with Crippen molar-refractivity contribution in [2.45, 2.75) is 18.9 Å². The maximum Gasteiger partial charge on any atom is 0.185 e. The Morgan fingerprint density at radius 3 is 2.75 bits per heavy atom. The molecule has 2 saturated heterocycles. The van der Waals surface area contributed by atoms with Gasteiger partial charge in [-0.15, -0.1) is 11.3 Å². The maximum absolute atomic E-state index is 5.37. The number of rotatable bonds is 5. The highest BCUT2D eigenvalue weighted by Gasteiger charge is 2.20. The predicted molar refractivity (Wildman–Crippen MR) is 82.6 cm³/mol. The van der Waals surface area contributed by atoms with E-state index in [4.69, 9.17) is 4.74 Å². The Balaban J connectivity index is 1.32. The van der Waals surface area contributed by atoms with E-state index in [9.17, 15) is 0 Å². The van der Waals surface area contributed by atoms with E-state index in [-0.39, 0.29) is 0 Å². The van der Waals surface area contributed by atoms with Crippen molar-refractivity contribution in [2.24, 2.45) is 0 Å². The van der Waals surface area contributed by atoms with E-state index < -0.39 is 0 Å². The largest absolute Gasteiger partial charge is 0.379 e. The fourth-order valence-corrected chi connectivity index (χ4v) is 3.60. The van der Waals surface area contributed by atoms with E-state index in [0.29, 0.717) is 6.04 Å². The zero-order valence-corrected chi connectivity index (χ0v) is 12.8. The molecule has 0 atom stereocenters. The Hall–Kier alpha value is -0.690. The van der Waals surface area contributed by atoms with Gasteiger partial charge >= 0.3 is 0 Å². The summed E-state index contributed by atoms with van der Waals surface area (Å²) >= 11 is 1.74. The number of ether oxygens (including phenoxy) is 1. The highest BCUT2D eigenvalue weighted by atomic mass is 32.1. The molecule has 6 heteroatoms. The summed E-state index contributed by atoms with van der Waals surface area (Å²) in [6.07, 6.45) is 4.35. The van der Waals surface area contributed by atoms with E-state index >= 15 is 0 Å². The first kappa shape index (κ1) is 14.3. The lowest BCUT2D eigenvalue weighted by Gasteiger charge is -2.33. The van der Waals surface area contributed by atoms with Gasteiger partial charge in [-0.25, -0.2) is 4.98 Å². The number of thiazole rings is 1. The van der Waals surface area contributed by atoms with E-state index in [2.05, 4.69) is 25.5 Å². The summed E-state index contributed by atoms with van der Waals surface area (Å²) in [5, 5.41) is 6.94. The van der Waals surface area contributed by atoms with Crippen molar-refractivity contribution in [2.75, 3.05) is 57.4 Å². The van der Waals surface area contributed by atoms with Gasteiger partial charge in [0.25, 0.3) is 0 Å². The van der Waals surface area contributed by atoms with Crippen molar-refractivity contribution >= 4 is 16.5 Å². The minimum absolute atomic E-state index is 0.673. The second kappa shape index (κ2) is 7.36. The number of piperidine rings is 1. The summed E-state index contributed by atoms with van der Waals surface area (Å²) in [6.45, 7) is 8.47. The van der Waals surface area contributed by atoms with Crippen LogP contribution in [0.25, 0.3) is 0 Å². The highest BCUT2D eigenvalue weighted by Crippen LogP contribution is 2.21. The standard InChI is InChI=1S/C14H24N4OS/c1-5-18(14-16-4-12-20-14)6-2-13(1)15-3-7-17-8-10-19-11-9-17/h4,12-13,15H,1-3,5-11H2. The lowest BCUT2D eigenvalue weighted by Crippen LogP contribution is -2.46. The molecule has 0 unspecified atom stereocenters. The van der Waals surface area contributed by atoms with Crippen molar-refractivity contribution in [1.29, 1.82) is 0 Å². The molecule has 2 aliphatic rings. The van der Waals surface area contributed by atoms with Crippen LogP contribution in [0.4, 0.5) is 5.13 Å². The van der Waals surface area contributed by atoms with E-state index in [1.54, 1.807) is 11.3 Å². The Morgan fingerprint density at radius 1 is 1.25 bits per heavy atom. The summed E-state index contributed by atoms with van der Waals surface area (Å²) in [6, 6.07) is 0.673. The molecule has 1 N–H and O–H groups in total. The van der Waals surface area contributed by atoms with Gasteiger partial charge in [0, 0.05) is 56.9 Å². The summed E-state index contributed by atoms with van der Waals surface area (Å²) in [7, 11) is 0. The minimum atomic E-state index is 0.673. The maximum atomic E-state index is 5.37. The number of hydrogen-bond acceptors (Lipinski definition) is 6. The Bertz CT molecular complexity index is 373. The Morgan fingerprint density at radius 2 is 2.05 bits per heavy atom. The molecular weight excluding hydrogens is 272 g/mol. The first-order valence-electron chi connectivity index (χ1n) is 7.60. The van der Waals surface area contributed by atoms with Crippen LogP contribution in [0, 0.1) is 0 Å². The number of aromatic nitrogens is 1. The van der Waals surface area contributed by atoms with Crippen molar-refractivity contribution in [3.63, 3.8) is 0 Å². The fourth-order valence-electron chi connectivity index (χ4n) is 2.90. The average Bonchev–Trinajstić information content (AvgIpc) is 3.03. The molecule has 0 aromatic carbocycles. The van der Waals surface area contributed by atoms with Gasteiger partial charge in [-0.3, -0.25) is 4.90 Å². The lowest BCUT2D eigenvalue weighted by molar-refractivity contribution is 0.0380. The molecule has 20 heavy (non-hydrogen) atoms. The molecule has 0 radical (unpaired) electrons. The van der Waals surface area contributed by atoms with Crippen LogP contribution in [0.3, 0.4) is 0 Å². The van der Waals surface area contributed by atoms with Gasteiger partial charge in [-0.1, -0.05) is 0 Å². The van der Waals surface area contributed by atoms with Crippen LogP contribution in [0.1, 0.15) is 12.8 Å². The van der Waals surface area contributed by atoms with Crippen LogP contribution in [-0.4, -0.2) is 68.4 Å². The monoisotopic (exact) mass is 296 g/mol. The van der Waals surface area contributed by atoms with Crippen molar-refractivity contribution in [1.82, 2.24) is 15.2 Å². The number of anilines is 1. The van der Waals surface area contributed by atoms with Crippen LogP contribution in [-0.2, 0) is 4.74 Å². The van der Waals surface area contributed by atoms with Gasteiger partial charge < -0.3 is 15.0 Å². The fraction of sp³-hybridized carbons (Fsp3) is 0.786. The summed E-state index contributed by atoms with van der Waals surface area (Å²) in [5.74, 6) is 0. The molecule has 3 rings (SSSR count). The molecule has 3 heterocycles. The van der Waals surface area contributed by atoms with Gasteiger partial charge in [0.2, 0.25) is 0 Å². The molecule has 0 saturated carbocycles. The zero-order valence-electron chi connectivity index (χ0n) is 12.0. The molecule has 0 amide bonds. The number of nitrogens with one attached hydrogen (secondary N) is 1. The number of hydrogen-bond donors (Lipinski definition) is 1. The summed E-state index contributed by atoms with van der Waals surface area (Å²) < 4.78 is 5.37. The smallest absolute Gasteiger partial charge is 0.185 e. The molecule has 2 fully saturated rings.